The van der Waals surface area contributed by atoms with E-state index in [9.17, 15) is 0 Å². The van der Waals surface area contributed by atoms with Crippen LogP contribution in [-0.2, 0) is 0 Å². The van der Waals surface area contributed by atoms with Crippen molar-refractivity contribution in [3.05, 3.63) is 30.3 Å². The van der Waals surface area contributed by atoms with Crippen molar-refractivity contribution in [1.29, 1.82) is 0 Å². The molecule has 0 bridgehead atoms. The molecule has 0 aliphatic carbocycles. The Morgan fingerprint density at radius 1 is 1.05 bits per heavy atom. The van der Waals surface area contributed by atoms with Crippen molar-refractivity contribution in [1.82, 2.24) is 15.1 Å². The predicted octanol–water partition coefficient (Wildman–Crippen LogP) is 3.35. The Balaban J connectivity index is 1.69. The lowest BCUT2D eigenvalue weighted by Gasteiger charge is -2.23. The first-order valence-electron chi connectivity index (χ1n) is 6.59. The summed E-state index contributed by atoms with van der Waals surface area (Å²) in [5, 5.41) is 9.96. The van der Waals surface area contributed by atoms with E-state index in [0.29, 0.717) is 0 Å². The van der Waals surface area contributed by atoms with Crippen LogP contribution in [0.1, 0.15) is 19.3 Å². The average molecular weight is 272 g/mol. The Bertz CT molecular complexity index is 544. The fourth-order valence-corrected chi connectivity index (χ4v) is 2.82. The number of hydrogen-bond donors (Lipinski definition) is 0. The van der Waals surface area contributed by atoms with Crippen molar-refractivity contribution in [2.75, 3.05) is 13.1 Å². The molecule has 19 heavy (non-hydrogen) atoms. The molecule has 98 valence electrons. The van der Waals surface area contributed by atoms with Crippen molar-refractivity contribution in [3.8, 4) is 10.6 Å². The van der Waals surface area contributed by atoms with Gasteiger partial charge >= 0.3 is 0 Å². The quantitative estimate of drug-likeness (QED) is 0.635. The number of hydrogen-bond acceptors (Lipinski definition) is 4. The van der Waals surface area contributed by atoms with Crippen LogP contribution in [0.2, 0.25) is 0 Å². The van der Waals surface area contributed by atoms with Crippen LogP contribution in [0.4, 0.5) is 5.13 Å². The summed E-state index contributed by atoms with van der Waals surface area (Å²) in [4.78, 5) is 6.68. The van der Waals surface area contributed by atoms with E-state index in [0.717, 1.165) is 28.8 Å². The third-order valence-electron chi connectivity index (χ3n) is 3.16. The van der Waals surface area contributed by atoms with Gasteiger partial charge in [0, 0.05) is 18.7 Å². The molecule has 1 saturated heterocycles. The molecule has 0 N–H and O–H groups in total. The van der Waals surface area contributed by atoms with Gasteiger partial charge in [-0.3, -0.25) is 0 Å². The maximum absolute atomic E-state index is 4.42. The Morgan fingerprint density at radius 3 is 2.63 bits per heavy atom. The molecule has 3 rings (SSSR count). The normalized spacial score (nSPS) is 16.1. The molecule has 5 heteroatoms. The first kappa shape index (κ1) is 12.3. The molecule has 4 nitrogen and oxygen atoms in total. The number of piperidine rings is 1. The maximum Gasteiger partial charge on any atom is 0.233 e. The molecule has 0 unspecified atom stereocenters. The molecule has 2 aromatic rings. The van der Waals surface area contributed by atoms with E-state index >= 15 is 0 Å². The maximum atomic E-state index is 4.42. The number of benzene rings is 1. The van der Waals surface area contributed by atoms with Crippen LogP contribution in [0, 0.1) is 0 Å². The van der Waals surface area contributed by atoms with E-state index in [1.807, 2.05) is 36.7 Å². The van der Waals surface area contributed by atoms with Crippen LogP contribution in [0.5, 0.6) is 0 Å². The molecule has 0 atom stereocenters. The van der Waals surface area contributed by atoms with E-state index in [2.05, 4.69) is 20.1 Å². The predicted molar refractivity (Wildman–Crippen MR) is 78.9 cm³/mol. The topological polar surface area (TPSA) is 41.4 Å². The van der Waals surface area contributed by atoms with Crippen molar-refractivity contribution < 1.29 is 0 Å². The standard InChI is InChI=1S/C14H16N4S/c1-3-7-12(8-4-1)13-16-17-14(19-13)15-11-18-9-5-2-6-10-18/h1,3-4,7-8,11H,2,5-6,9-10H2. The summed E-state index contributed by atoms with van der Waals surface area (Å²) in [5.41, 5.74) is 1.10. The lowest BCUT2D eigenvalue weighted by molar-refractivity contribution is 0.351. The third-order valence-corrected chi connectivity index (χ3v) is 4.04. The van der Waals surface area contributed by atoms with Gasteiger partial charge in [-0.15, -0.1) is 10.2 Å². The second kappa shape index (κ2) is 5.93. The van der Waals surface area contributed by atoms with Gasteiger partial charge in [0.1, 0.15) is 5.01 Å². The van der Waals surface area contributed by atoms with Crippen LogP contribution in [0.25, 0.3) is 10.6 Å². The largest absolute Gasteiger partial charge is 0.363 e. The van der Waals surface area contributed by atoms with Gasteiger partial charge < -0.3 is 4.90 Å². The Hall–Kier alpha value is -1.75. The van der Waals surface area contributed by atoms with E-state index in [4.69, 9.17) is 0 Å². The minimum atomic E-state index is 0.726. The van der Waals surface area contributed by atoms with Gasteiger partial charge in [0.05, 0.1) is 6.34 Å². The zero-order valence-corrected chi connectivity index (χ0v) is 11.5. The first-order chi connectivity index (χ1) is 9.42. The van der Waals surface area contributed by atoms with Crippen LogP contribution in [0.3, 0.4) is 0 Å². The van der Waals surface area contributed by atoms with E-state index in [-0.39, 0.29) is 0 Å². The molecule has 1 aromatic heterocycles. The number of nitrogens with zero attached hydrogens (tertiary/aromatic N) is 4. The highest BCUT2D eigenvalue weighted by Gasteiger charge is 2.07. The summed E-state index contributed by atoms with van der Waals surface area (Å²) in [7, 11) is 0. The van der Waals surface area contributed by atoms with Crippen LogP contribution in [0.15, 0.2) is 35.3 Å². The van der Waals surface area contributed by atoms with Crippen LogP contribution in [-0.4, -0.2) is 34.5 Å². The molecular weight excluding hydrogens is 256 g/mol. The highest BCUT2D eigenvalue weighted by Crippen LogP contribution is 2.27. The first-order valence-corrected chi connectivity index (χ1v) is 7.41. The van der Waals surface area contributed by atoms with Gasteiger partial charge in [0.2, 0.25) is 5.13 Å². The molecule has 1 fully saturated rings. The summed E-state index contributed by atoms with van der Waals surface area (Å²) in [6, 6.07) is 10.1. The van der Waals surface area contributed by atoms with Crippen molar-refractivity contribution in [2.45, 2.75) is 19.3 Å². The van der Waals surface area contributed by atoms with Gasteiger partial charge in [0.15, 0.2) is 0 Å². The summed E-state index contributed by atoms with van der Waals surface area (Å²) >= 11 is 1.53. The Labute approximate surface area is 116 Å². The van der Waals surface area contributed by atoms with Crippen molar-refractivity contribution in [2.24, 2.45) is 4.99 Å². The molecule has 0 spiro atoms. The number of aromatic nitrogens is 2. The van der Waals surface area contributed by atoms with Gasteiger partial charge in [-0.2, -0.15) is 0 Å². The molecule has 1 aromatic carbocycles. The molecule has 0 saturated carbocycles. The Morgan fingerprint density at radius 2 is 1.84 bits per heavy atom. The summed E-state index contributed by atoms with van der Waals surface area (Å²) in [6.07, 6.45) is 5.77. The van der Waals surface area contributed by atoms with Crippen molar-refractivity contribution in [3.63, 3.8) is 0 Å². The summed E-state index contributed by atoms with van der Waals surface area (Å²) in [6.45, 7) is 2.21. The zero-order valence-electron chi connectivity index (χ0n) is 10.7. The zero-order chi connectivity index (χ0) is 12.9. The highest BCUT2D eigenvalue weighted by atomic mass is 32.1. The molecule has 0 amide bonds. The molecule has 2 heterocycles. The number of rotatable bonds is 3. The van der Waals surface area contributed by atoms with E-state index in [1.54, 1.807) is 0 Å². The molecule has 0 radical (unpaired) electrons. The fraction of sp³-hybridized carbons (Fsp3) is 0.357. The van der Waals surface area contributed by atoms with Gasteiger partial charge in [-0.1, -0.05) is 41.7 Å². The monoisotopic (exact) mass is 272 g/mol. The molecular formula is C14H16N4S. The molecule has 1 aliphatic rings. The SMILES string of the molecule is C(=Nc1nnc(-c2ccccc2)s1)N1CCCCC1. The minimum Gasteiger partial charge on any atom is -0.363 e. The van der Waals surface area contributed by atoms with Gasteiger partial charge in [-0.25, -0.2) is 4.99 Å². The van der Waals surface area contributed by atoms with Crippen LogP contribution < -0.4 is 0 Å². The minimum absolute atomic E-state index is 0.726. The van der Waals surface area contributed by atoms with Gasteiger partial charge in [-0.05, 0) is 19.3 Å². The Kier molecular flexibility index (Phi) is 3.83. The smallest absolute Gasteiger partial charge is 0.233 e. The average Bonchev–Trinajstić information content (AvgIpc) is 2.96. The lowest BCUT2D eigenvalue weighted by atomic mass is 10.1. The third kappa shape index (κ3) is 3.17. The van der Waals surface area contributed by atoms with E-state index in [1.165, 1.54) is 30.6 Å². The van der Waals surface area contributed by atoms with E-state index < -0.39 is 0 Å². The number of likely N-dealkylation sites (tertiary alicyclic amines) is 1. The van der Waals surface area contributed by atoms with Gasteiger partial charge in [0.25, 0.3) is 0 Å². The van der Waals surface area contributed by atoms with Crippen molar-refractivity contribution >= 4 is 22.8 Å². The highest BCUT2D eigenvalue weighted by molar-refractivity contribution is 7.18. The second-order valence-corrected chi connectivity index (χ2v) is 5.55. The second-order valence-electron chi connectivity index (χ2n) is 4.60. The summed E-state index contributed by atoms with van der Waals surface area (Å²) in [5.74, 6) is 0. The van der Waals surface area contributed by atoms with Crippen LogP contribution >= 0.6 is 11.3 Å². The lowest BCUT2D eigenvalue weighted by Crippen LogP contribution is -2.27. The summed E-state index contributed by atoms with van der Waals surface area (Å²) < 4.78 is 0. The number of aliphatic imine (C=N–C) groups is 1. The fourth-order valence-electron chi connectivity index (χ4n) is 2.13. The molecule has 1 aliphatic heterocycles.